The third kappa shape index (κ3) is 5.74. The molecule has 0 spiro atoms. The molecule has 0 saturated carbocycles. The SMILES string of the molecule is Cc1ccc(C(=O)Nc2ccc(SC3=C(Nc4ccc(Br)cc4)C(=O)N(Cc4ccco4)C3=O)cc2)cc1. The number of rotatable bonds is 8. The molecule has 0 radical (unpaired) electrons. The fourth-order valence-electron chi connectivity index (χ4n) is 3.77. The monoisotopic (exact) mass is 587 g/mol. The number of carbonyl (C=O) groups excluding carboxylic acids is 3. The van der Waals surface area contributed by atoms with E-state index in [2.05, 4.69) is 26.6 Å². The molecule has 0 aliphatic carbocycles. The fourth-order valence-corrected chi connectivity index (χ4v) is 4.98. The molecular formula is C29H22BrN3O4S. The van der Waals surface area contributed by atoms with E-state index in [1.807, 2.05) is 43.3 Å². The number of furan rings is 1. The van der Waals surface area contributed by atoms with Gasteiger partial charge in [0.05, 0.1) is 12.8 Å². The first-order valence-electron chi connectivity index (χ1n) is 11.7. The number of halogens is 1. The molecule has 3 amide bonds. The molecule has 0 atom stereocenters. The zero-order valence-corrected chi connectivity index (χ0v) is 22.6. The molecule has 9 heteroatoms. The Morgan fingerprint density at radius 3 is 2.24 bits per heavy atom. The predicted octanol–water partition coefficient (Wildman–Crippen LogP) is 6.59. The van der Waals surface area contributed by atoms with Gasteiger partial charge in [0.2, 0.25) is 0 Å². The van der Waals surface area contributed by atoms with E-state index < -0.39 is 11.8 Å². The van der Waals surface area contributed by atoms with Crippen LogP contribution in [0.4, 0.5) is 11.4 Å². The number of hydrogen-bond acceptors (Lipinski definition) is 6. The molecule has 0 bridgehead atoms. The van der Waals surface area contributed by atoms with E-state index in [4.69, 9.17) is 4.42 Å². The molecule has 7 nitrogen and oxygen atoms in total. The molecule has 1 aliphatic rings. The normalized spacial score (nSPS) is 13.3. The van der Waals surface area contributed by atoms with Crippen molar-refractivity contribution in [3.8, 4) is 0 Å². The molecule has 190 valence electrons. The number of benzene rings is 3. The molecule has 1 aromatic heterocycles. The van der Waals surface area contributed by atoms with Gasteiger partial charge in [-0.3, -0.25) is 19.3 Å². The lowest BCUT2D eigenvalue weighted by Gasteiger charge is -2.13. The van der Waals surface area contributed by atoms with E-state index in [1.165, 1.54) is 22.9 Å². The average molecular weight is 588 g/mol. The summed E-state index contributed by atoms with van der Waals surface area (Å²) >= 11 is 4.59. The first kappa shape index (κ1) is 25.6. The summed E-state index contributed by atoms with van der Waals surface area (Å²) in [5, 5.41) is 6.00. The van der Waals surface area contributed by atoms with Crippen molar-refractivity contribution in [1.29, 1.82) is 0 Å². The van der Waals surface area contributed by atoms with Gasteiger partial charge in [-0.15, -0.1) is 0 Å². The second kappa shape index (κ2) is 11.1. The van der Waals surface area contributed by atoms with E-state index in [0.29, 0.717) is 22.7 Å². The molecule has 4 aromatic rings. The van der Waals surface area contributed by atoms with Crippen LogP contribution < -0.4 is 10.6 Å². The maximum absolute atomic E-state index is 13.4. The fraction of sp³-hybridized carbons (Fsp3) is 0.0690. The standard InChI is InChI=1S/C29H22BrN3O4S/c1-18-4-6-19(7-5-18)27(34)32-22-12-14-24(15-13-22)38-26-25(31-21-10-8-20(30)9-11-21)28(35)33(29(26)36)17-23-3-2-16-37-23/h2-16,31H,17H2,1H3,(H,32,34). The van der Waals surface area contributed by atoms with Crippen LogP contribution in [-0.2, 0) is 16.1 Å². The maximum Gasteiger partial charge on any atom is 0.278 e. The minimum atomic E-state index is -0.432. The maximum atomic E-state index is 13.4. The number of hydrogen-bond donors (Lipinski definition) is 2. The molecule has 0 unspecified atom stereocenters. The summed E-state index contributed by atoms with van der Waals surface area (Å²) in [6.45, 7) is 2.00. The van der Waals surface area contributed by atoms with Gasteiger partial charge in [-0.2, -0.15) is 0 Å². The Labute approximate surface area is 232 Å². The van der Waals surface area contributed by atoms with Gasteiger partial charge in [0, 0.05) is 26.3 Å². The van der Waals surface area contributed by atoms with Gasteiger partial charge < -0.3 is 15.1 Å². The van der Waals surface area contributed by atoms with Crippen LogP contribution in [-0.4, -0.2) is 22.6 Å². The van der Waals surface area contributed by atoms with Crippen LogP contribution in [0.3, 0.4) is 0 Å². The molecular weight excluding hydrogens is 566 g/mol. The number of imide groups is 1. The number of amides is 3. The molecule has 0 saturated heterocycles. The van der Waals surface area contributed by atoms with Gasteiger partial charge >= 0.3 is 0 Å². The van der Waals surface area contributed by atoms with Crippen molar-refractivity contribution in [2.75, 3.05) is 10.6 Å². The number of nitrogens with one attached hydrogen (secondary N) is 2. The van der Waals surface area contributed by atoms with Gasteiger partial charge in [-0.25, -0.2) is 0 Å². The summed E-state index contributed by atoms with van der Waals surface area (Å²) in [6.07, 6.45) is 1.50. The van der Waals surface area contributed by atoms with Crippen LogP contribution in [0, 0.1) is 6.92 Å². The quantitative estimate of drug-likeness (QED) is 0.226. The van der Waals surface area contributed by atoms with Crippen LogP contribution in [0.15, 0.2) is 116 Å². The summed E-state index contributed by atoms with van der Waals surface area (Å²) in [4.78, 5) is 41.4. The number of nitrogens with zero attached hydrogens (tertiary/aromatic N) is 1. The lowest BCUT2D eigenvalue weighted by atomic mass is 10.1. The highest BCUT2D eigenvalue weighted by Gasteiger charge is 2.39. The van der Waals surface area contributed by atoms with Gasteiger partial charge in [-0.05, 0) is 79.7 Å². The van der Waals surface area contributed by atoms with Crippen molar-refractivity contribution in [2.45, 2.75) is 18.4 Å². The molecule has 1 aliphatic heterocycles. The second-order valence-electron chi connectivity index (χ2n) is 8.56. The highest BCUT2D eigenvalue weighted by Crippen LogP contribution is 2.37. The van der Waals surface area contributed by atoms with E-state index >= 15 is 0 Å². The molecule has 5 rings (SSSR count). The minimum absolute atomic E-state index is 0.0320. The highest BCUT2D eigenvalue weighted by atomic mass is 79.9. The Hall–Kier alpha value is -4.08. The number of thioether (sulfide) groups is 1. The smallest absolute Gasteiger partial charge is 0.278 e. The Morgan fingerprint density at radius 1 is 0.895 bits per heavy atom. The van der Waals surface area contributed by atoms with Crippen molar-refractivity contribution in [3.05, 3.63) is 123 Å². The largest absolute Gasteiger partial charge is 0.467 e. The topological polar surface area (TPSA) is 91.7 Å². The molecule has 2 heterocycles. The number of anilines is 2. The first-order valence-corrected chi connectivity index (χ1v) is 13.3. The molecule has 2 N–H and O–H groups in total. The second-order valence-corrected chi connectivity index (χ2v) is 10.6. The van der Waals surface area contributed by atoms with Crippen molar-refractivity contribution < 1.29 is 18.8 Å². The summed E-state index contributed by atoms with van der Waals surface area (Å²) in [6, 6.07) is 25.2. The minimum Gasteiger partial charge on any atom is -0.467 e. The van der Waals surface area contributed by atoms with Crippen LogP contribution >= 0.6 is 27.7 Å². The van der Waals surface area contributed by atoms with E-state index in [-0.39, 0.29) is 23.1 Å². The zero-order chi connectivity index (χ0) is 26.6. The third-order valence-electron chi connectivity index (χ3n) is 5.78. The first-order chi connectivity index (χ1) is 18.4. The van der Waals surface area contributed by atoms with Crippen LogP contribution in [0.25, 0.3) is 0 Å². The predicted molar refractivity (Wildman–Crippen MR) is 150 cm³/mol. The van der Waals surface area contributed by atoms with Gasteiger partial charge in [-0.1, -0.05) is 45.4 Å². The molecule has 3 aromatic carbocycles. The van der Waals surface area contributed by atoms with Crippen LogP contribution in [0.5, 0.6) is 0 Å². The van der Waals surface area contributed by atoms with Crippen molar-refractivity contribution in [1.82, 2.24) is 4.90 Å². The van der Waals surface area contributed by atoms with Gasteiger partial charge in [0.15, 0.2) is 0 Å². The summed E-state index contributed by atoms with van der Waals surface area (Å²) in [5.41, 5.74) is 3.14. The zero-order valence-electron chi connectivity index (χ0n) is 20.2. The van der Waals surface area contributed by atoms with E-state index in [9.17, 15) is 14.4 Å². The van der Waals surface area contributed by atoms with Crippen molar-refractivity contribution >= 4 is 56.8 Å². The Kier molecular flexibility index (Phi) is 7.48. The number of carbonyl (C=O) groups is 3. The van der Waals surface area contributed by atoms with Crippen molar-refractivity contribution in [2.24, 2.45) is 0 Å². The number of aryl methyl sites for hydroxylation is 1. The summed E-state index contributed by atoms with van der Waals surface area (Å²) < 4.78 is 6.26. The molecule has 0 fully saturated rings. The molecule has 38 heavy (non-hydrogen) atoms. The van der Waals surface area contributed by atoms with E-state index in [0.717, 1.165) is 14.9 Å². The van der Waals surface area contributed by atoms with Gasteiger partial charge in [0.1, 0.15) is 16.4 Å². The van der Waals surface area contributed by atoms with Crippen LogP contribution in [0.2, 0.25) is 0 Å². The Balaban J connectivity index is 1.36. The van der Waals surface area contributed by atoms with Gasteiger partial charge in [0.25, 0.3) is 17.7 Å². The summed E-state index contributed by atoms with van der Waals surface area (Å²) in [7, 11) is 0. The lowest BCUT2D eigenvalue weighted by Crippen LogP contribution is -2.31. The third-order valence-corrected chi connectivity index (χ3v) is 7.40. The highest BCUT2D eigenvalue weighted by molar-refractivity contribution is 9.10. The van der Waals surface area contributed by atoms with E-state index in [1.54, 1.807) is 48.5 Å². The Bertz CT molecular complexity index is 1510. The van der Waals surface area contributed by atoms with Crippen LogP contribution in [0.1, 0.15) is 21.7 Å². The van der Waals surface area contributed by atoms with Crippen molar-refractivity contribution in [3.63, 3.8) is 0 Å². The average Bonchev–Trinajstić information content (AvgIpc) is 3.51. The Morgan fingerprint density at radius 2 is 1.58 bits per heavy atom. The lowest BCUT2D eigenvalue weighted by molar-refractivity contribution is -0.138. The summed E-state index contributed by atoms with van der Waals surface area (Å²) in [5.74, 6) is -0.541.